The summed E-state index contributed by atoms with van der Waals surface area (Å²) in [6, 6.07) is 28.8. The van der Waals surface area contributed by atoms with Gasteiger partial charge in [-0.05, 0) is 65.6 Å². The molecule has 190 valence electrons. The molecule has 1 unspecified atom stereocenters. The van der Waals surface area contributed by atoms with Gasteiger partial charge in [0.2, 0.25) is 11.8 Å². The van der Waals surface area contributed by atoms with E-state index in [1.165, 1.54) is 0 Å². The summed E-state index contributed by atoms with van der Waals surface area (Å²) in [5.74, 6) is 0.232. The lowest BCUT2D eigenvalue weighted by Gasteiger charge is -2.22. The number of benzene rings is 4. The second kappa shape index (κ2) is 9.46. The number of ether oxygens (including phenoxy) is 1. The Balaban J connectivity index is 1.52. The second-order valence-corrected chi connectivity index (χ2v) is 11.1. The van der Waals surface area contributed by atoms with Gasteiger partial charge in [-0.15, -0.1) is 0 Å². The Morgan fingerprint density at radius 3 is 2.39 bits per heavy atom. The monoisotopic (exact) mass is 522 g/mol. The van der Waals surface area contributed by atoms with Crippen LogP contribution in [0.15, 0.2) is 95.9 Å². The van der Waals surface area contributed by atoms with E-state index in [1.54, 1.807) is 24.3 Å². The smallest absolute Gasteiger partial charge is 0.264 e. The lowest BCUT2D eigenvalue weighted by Crippen LogP contribution is -2.21. The largest absolute Gasteiger partial charge is 0.467 e. The fourth-order valence-corrected chi connectivity index (χ4v) is 5.81. The van der Waals surface area contributed by atoms with Crippen molar-refractivity contribution in [2.75, 3.05) is 16.6 Å². The van der Waals surface area contributed by atoms with Crippen molar-refractivity contribution in [3.8, 4) is 17.1 Å². The number of aromatic nitrogens is 2. The van der Waals surface area contributed by atoms with Crippen molar-refractivity contribution in [3.63, 3.8) is 0 Å². The zero-order chi connectivity index (χ0) is 26.3. The first kappa shape index (κ1) is 23.9. The first-order valence-electron chi connectivity index (χ1n) is 12.3. The molecule has 0 fully saturated rings. The second-order valence-electron chi connectivity index (χ2n) is 9.41. The Labute approximate surface area is 221 Å². The maximum atomic E-state index is 13.2. The number of hydrogen-bond acceptors (Lipinski definition) is 6. The zero-order valence-electron chi connectivity index (χ0n) is 21.0. The normalized spacial score (nSPS) is 16.3. The Bertz CT molecular complexity index is 1770. The molecule has 5 aromatic rings. The quantitative estimate of drug-likeness (QED) is 0.284. The molecule has 2 heterocycles. The predicted octanol–water partition coefficient (Wildman–Crippen LogP) is 6.26. The van der Waals surface area contributed by atoms with Gasteiger partial charge in [0.15, 0.2) is 0 Å². The van der Waals surface area contributed by atoms with Crippen LogP contribution in [0.4, 0.5) is 11.6 Å². The van der Waals surface area contributed by atoms with Crippen molar-refractivity contribution in [1.29, 1.82) is 0 Å². The Kier molecular flexibility index (Phi) is 5.96. The minimum absolute atomic E-state index is 0.0450. The summed E-state index contributed by atoms with van der Waals surface area (Å²) in [7, 11) is -3.93. The third kappa shape index (κ3) is 4.66. The summed E-state index contributed by atoms with van der Waals surface area (Å²) < 4.78 is 35.5. The average molecular weight is 523 g/mol. The standard InChI is InChI=1S/C30H26N4O3S/c1-19-7-5-8-20(2)29(19)26-17-28-33-30(32-26)34-38(35,36)25-12-6-11-24(16-25)31-18-27(37-28)23-14-13-21-9-3-4-10-22(21)15-23/h3-17,27,31H,18H2,1-2H3,(H,32,33,34). The summed E-state index contributed by atoms with van der Waals surface area (Å²) in [6.07, 6.45) is -0.409. The molecule has 7 nitrogen and oxygen atoms in total. The average Bonchev–Trinajstić information content (AvgIpc) is 2.90. The number of nitrogens with zero attached hydrogens (tertiary/aromatic N) is 2. The van der Waals surface area contributed by atoms with Crippen LogP contribution in [0.25, 0.3) is 22.0 Å². The minimum Gasteiger partial charge on any atom is -0.467 e. The van der Waals surface area contributed by atoms with E-state index in [0.29, 0.717) is 17.9 Å². The van der Waals surface area contributed by atoms with E-state index in [4.69, 9.17) is 4.74 Å². The molecule has 8 heteroatoms. The highest BCUT2D eigenvalue weighted by molar-refractivity contribution is 7.92. The fraction of sp³-hybridized carbons (Fsp3) is 0.133. The molecule has 38 heavy (non-hydrogen) atoms. The molecule has 1 aromatic heterocycles. The van der Waals surface area contributed by atoms with Gasteiger partial charge in [-0.1, -0.05) is 60.7 Å². The highest BCUT2D eigenvalue weighted by Gasteiger charge is 2.22. The molecule has 4 aromatic carbocycles. The van der Waals surface area contributed by atoms with Crippen LogP contribution >= 0.6 is 0 Å². The van der Waals surface area contributed by atoms with Crippen LogP contribution in [0, 0.1) is 13.8 Å². The number of fused-ring (bicyclic) bond motifs is 5. The van der Waals surface area contributed by atoms with Crippen LogP contribution in [0.1, 0.15) is 22.8 Å². The van der Waals surface area contributed by atoms with Gasteiger partial charge in [0.1, 0.15) is 6.10 Å². The molecule has 1 atom stereocenters. The maximum absolute atomic E-state index is 13.2. The first-order valence-corrected chi connectivity index (χ1v) is 13.8. The lowest BCUT2D eigenvalue weighted by molar-refractivity contribution is 0.210. The minimum atomic E-state index is -3.93. The van der Waals surface area contributed by atoms with E-state index in [2.05, 4.69) is 44.3 Å². The fourth-order valence-electron chi connectivity index (χ4n) is 4.82. The molecule has 2 N–H and O–H groups in total. The number of nitrogens with one attached hydrogen (secondary N) is 2. The van der Waals surface area contributed by atoms with Gasteiger partial charge in [0, 0.05) is 17.3 Å². The van der Waals surface area contributed by atoms with Crippen LogP contribution in [0.5, 0.6) is 5.88 Å². The molecule has 0 radical (unpaired) electrons. The van der Waals surface area contributed by atoms with Crippen LogP contribution < -0.4 is 14.8 Å². The summed E-state index contributed by atoms with van der Waals surface area (Å²) in [5.41, 5.74) is 5.17. The molecule has 0 aliphatic carbocycles. The Hall–Kier alpha value is -4.43. The van der Waals surface area contributed by atoms with Crippen LogP contribution in [-0.4, -0.2) is 24.9 Å². The van der Waals surface area contributed by atoms with Gasteiger partial charge >= 0.3 is 0 Å². The third-order valence-corrected chi connectivity index (χ3v) is 8.04. The number of hydrogen-bond donors (Lipinski definition) is 2. The highest BCUT2D eigenvalue weighted by atomic mass is 32.2. The topological polar surface area (TPSA) is 93.2 Å². The highest BCUT2D eigenvalue weighted by Crippen LogP contribution is 2.32. The SMILES string of the molecule is Cc1cccc(C)c1-c1cc2nc(n1)NS(=O)(=O)c1cccc(c1)NCC(c1ccc3ccccc3c1)O2. The molecule has 0 spiro atoms. The molecule has 0 saturated heterocycles. The maximum Gasteiger partial charge on any atom is 0.264 e. The number of sulfonamides is 1. The first-order chi connectivity index (χ1) is 18.4. The van der Waals surface area contributed by atoms with E-state index in [-0.39, 0.29) is 16.7 Å². The Morgan fingerprint density at radius 1 is 0.816 bits per heavy atom. The predicted molar refractivity (Wildman–Crippen MR) is 150 cm³/mol. The number of rotatable bonds is 2. The van der Waals surface area contributed by atoms with Crippen molar-refractivity contribution in [3.05, 3.63) is 108 Å². The van der Waals surface area contributed by atoms with Crippen LogP contribution in [-0.2, 0) is 10.0 Å². The van der Waals surface area contributed by atoms with Crippen molar-refractivity contribution in [1.82, 2.24) is 9.97 Å². The van der Waals surface area contributed by atoms with Gasteiger partial charge < -0.3 is 10.1 Å². The van der Waals surface area contributed by atoms with E-state index in [0.717, 1.165) is 33.0 Å². The van der Waals surface area contributed by atoms with Crippen LogP contribution in [0.3, 0.4) is 0 Å². The Morgan fingerprint density at radius 2 is 1.58 bits per heavy atom. The van der Waals surface area contributed by atoms with Crippen molar-refractivity contribution in [2.45, 2.75) is 24.8 Å². The summed E-state index contributed by atoms with van der Waals surface area (Å²) in [4.78, 5) is 9.19. The van der Waals surface area contributed by atoms with Gasteiger partial charge in [-0.2, -0.15) is 4.98 Å². The molecule has 1 aliphatic rings. The molecule has 4 bridgehead atoms. The summed E-state index contributed by atoms with van der Waals surface area (Å²) in [5, 5.41) is 5.59. The van der Waals surface area contributed by atoms with E-state index in [1.807, 2.05) is 56.3 Å². The molecular weight excluding hydrogens is 496 g/mol. The molecule has 0 amide bonds. The number of aryl methyl sites for hydroxylation is 2. The van der Waals surface area contributed by atoms with Gasteiger partial charge in [-0.3, -0.25) is 0 Å². The van der Waals surface area contributed by atoms with E-state index < -0.39 is 16.1 Å². The van der Waals surface area contributed by atoms with Crippen molar-refractivity contribution in [2.24, 2.45) is 0 Å². The summed E-state index contributed by atoms with van der Waals surface area (Å²) >= 11 is 0. The molecule has 6 rings (SSSR count). The molecule has 1 aliphatic heterocycles. The van der Waals surface area contributed by atoms with Crippen molar-refractivity contribution < 1.29 is 13.2 Å². The van der Waals surface area contributed by atoms with Crippen LogP contribution in [0.2, 0.25) is 0 Å². The van der Waals surface area contributed by atoms with Gasteiger partial charge in [-0.25, -0.2) is 18.1 Å². The molecule has 0 saturated carbocycles. The van der Waals surface area contributed by atoms with Crippen molar-refractivity contribution >= 4 is 32.4 Å². The third-order valence-electron chi connectivity index (χ3n) is 6.71. The number of anilines is 2. The zero-order valence-corrected chi connectivity index (χ0v) is 21.8. The molecular formula is C30H26N4O3S. The van der Waals surface area contributed by atoms with E-state index in [9.17, 15) is 8.42 Å². The van der Waals surface area contributed by atoms with E-state index >= 15 is 0 Å². The van der Waals surface area contributed by atoms with Gasteiger partial charge in [0.05, 0.1) is 17.1 Å². The lowest BCUT2D eigenvalue weighted by atomic mass is 10.00. The summed E-state index contributed by atoms with van der Waals surface area (Å²) in [6.45, 7) is 4.40. The van der Waals surface area contributed by atoms with Gasteiger partial charge in [0.25, 0.3) is 10.0 Å².